The molecule has 0 saturated carbocycles. The van der Waals surface area contributed by atoms with E-state index in [-0.39, 0.29) is 36.1 Å². The van der Waals surface area contributed by atoms with E-state index in [9.17, 15) is 9.59 Å². The molecule has 0 spiro atoms. The number of pyridine rings is 1. The fraction of sp³-hybridized carbons (Fsp3) is 0.160. The first kappa shape index (κ1) is 21.9. The maximum atomic E-state index is 11.8. The standard InChI is InChI=1S/C25H23N3O5/c1-17(29)26-14-23(30)28-19-11-12-24(27-13-19)33-25-16-31-15-22(32-25)21-10-6-5-9-20(21)18-7-3-2-4-8-18/h2-8,10-13,15-16,20H,9,14H2,1H3,(H,26,29)(H,28,30). The van der Waals surface area contributed by atoms with Gasteiger partial charge in [-0.15, -0.1) is 0 Å². The average Bonchev–Trinajstić information content (AvgIpc) is 2.85. The molecular formula is C25H23N3O5. The van der Waals surface area contributed by atoms with Gasteiger partial charge in [0, 0.05) is 24.5 Å². The minimum absolute atomic E-state index is 0.115. The number of nitrogens with zero attached hydrogens (tertiary/aromatic N) is 1. The summed E-state index contributed by atoms with van der Waals surface area (Å²) in [6.07, 6.45) is 11.3. The Balaban J connectivity index is 1.37. The topological polar surface area (TPSA) is 98.8 Å². The summed E-state index contributed by atoms with van der Waals surface area (Å²) in [7, 11) is 0. The van der Waals surface area contributed by atoms with E-state index in [1.165, 1.54) is 24.9 Å². The Morgan fingerprint density at radius 3 is 2.76 bits per heavy atom. The van der Waals surface area contributed by atoms with Crippen molar-refractivity contribution in [3.63, 3.8) is 0 Å². The highest BCUT2D eigenvalue weighted by Crippen LogP contribution is 2.37. The van der Waals surface area contributed by atoms with Crippen molar-refractivity contribution >= 4 is 17.5 Å². The summed E-state index contributed by atoms with van der Waals surface area (Å²) in [5, 5.41) is 5.06. The molecule has 33 heavy (non-hydrogen) atoms. The highest BCUT2D eigenvalue weighted by molar-refractivity contribution is 5.94. The number of carbonyl (C=O) groups excluding carboxylic acids is 2. The number of ether oxygens (including phenoxy) is 3. The molecule has 1 aliphatic heterocycles. The van der Waals surface area contributed by atoms with Crippen LogP contribution in [-0.2, 0) is 19.1 Å². The van der Waals surface area contributed by atoms with Gasteiger partial charge in [-0.2, -0.15) is 0 Å². The largest absolute Gasteiger partial charge is 0.461 e. The number of nitrogens with one attached hydrogen (secondary N) is 2. The van der Waals surface area contributed by atoms with Gasteiger partial charge in [0.2, 0.25) is 17.7 Å². The minimum atomic E-state index is -0.357. The molecule has 168 valence electrons. The number of anilines is 1. The van der Waals surface area contributed by atoms with E-state index in [0.29, 0.717) is 11.4 Å². The average molecular weight is 445 g/mol. The third-order valence-corrected chi connectivity index (χ3v) is 4.92. The molecule has 0 radical (unpaired) electrons. The van der Waals surface area contributed by atoms with Crippen LogP contribution < -0.4 is 15.4 Å². The number of hydrogen-bond donors (Lipinski definition) is 2. The highest BCUT2D eigenvalue weighted by atomic mass is 16.7. The Hall–Kier alpha value is -4.33. The third-order valence-electron chi connectivity index (χ3n) is 4.92. The molecule has 0 bridgehead atoms. The third kappa shape index (κ3) is 5.88. The molecule has 8 heteroatoms. The number of rotatable bonds is 7. The lowest BCUT2D eigenvalue weighted by Gasteiger charge is -2.25. The SMILES string of the molecule is CC(=O)NCC(=O)Nc1ccc(OC2=COC=C(C3=CC=CCC3c3ccccc3)O2)nc1. The van der Waals surface area contributed by atoms with Crippen molar-refractivity contribution in [1.82, 2.24) is 10.3 Å². The molecule has 2 aromatic rings. The fourth-order valence-electron chi connectivity index (χ4n) is 3.39. The normalized spacial score (nSPS) is 16.9. The second kappa shape index (κ2) is 10.3. The number of aromatic nitrogens is 1. The van der Waals surface area contributed by atoms with Crippen LogP contribution in [0.3, 0.4) is 0 Å². The van der Waals surface area contributed by atoms with Gasteiger partial charge < -0.3 is 24.8 Å². The zero-order valence-electron chi connectivity index (χ0n) is 18.0. The van der Waals surface area contributed by atoms with Crippen molar-refractivity contribution in [3.05, 3.63) is 102 Å². The van der Waals surface area contributed by atoms with Crippen LogP contribution in [0.1, 0.15) is 24.8 Å². The summed E-state index contributed by atoms with van der Waals surface area (Å²) in [6, 6.07) is 13.4. The zero-order chi connectivity index (χ0) is 23.0. The van der Waals surface area contributed by atoms with Crippen LogP contribution in [0.15, 0.2) is 96.7 Å². The molecule has 8 nitrogen and oxygen atoms in total. The lowest BCUT2D eigenvalue weighted by Crippen LogP contribution is -2.31. The van der Waals surface area contributed by atoms with Crippen LogP contribution in [0, 0.1) is 0 Å². The Morgan fingerprint density at radius 1 is 1.15 bits per heavy atom. The first-order valence-corrected chi connectivity index (χ1v) is 10.4. The Morgan fingerprint density at radius 2 is 2.00 bits per heavy atom. The Kier molecular flexibility index (Phi) is 6.84. The van der Waals surface area contributed by atoms with Gasteiger partial charge in [0.25, 0.3) is 0 Å². The van der Waals surface area contributed by atoms with Crippen molar-refractivity contribution in [1.29, 1.82) is 0 Å². The van der Waals surface area contributed by atoms with Crippen LogP contribution in [0.2, 0.25) is 0 Å². The predicted octanol–water partition coefficient (Wildman–Crippen LogP) is 3.89. The minimum Gasteiger partial charge on any atom is -0.461 e. The lowest BCUT2D eigenvalue weighted by molar-refractivity contribution is -0.122. The molecule has 1 unspecified atom stereocenters. The summed E-state index contributed by atoms with van der Waals surface area (Å²) in [6.45, 7) is 1.23. The summed E-state index contributed by atoms with van der Waals surface area (Å²) >= 11 is 0. The first-order chi connectivity index (χ1) is 16.1. The Bertz CT molecular complexity index is 1130. The highest BCUT2D eigenvalue weighted by Gasteiger charge is 2.25. The molecule has 2 amide bonds. The molecule has 1 aliphatic carbocycles. The quantitative estimate of drug-likeness (QED) is 0.671. The summed E-state index contributed by atoms with van der Waals surface area (Å²) < 4.78 is 17.1. The van der Waals surface area contributed by atoms with Crippen LogP contribution >= 0.6 is 0 Å². The second-order valence-electron chi connectivity index (χ2n) is 7.35. The maximum absolute atomic E-state index is 11.8. The van der Waals surface area contributed by atoms with Crippen molar-refractivity contribution in [2.75, 3.05) is 11.9 Å². The van der Waals surface area contributed by atoms with Crippen molar-refractivity contribution in [2.24, 2.45) is 0 Å². The summed E-state index contributed by atoms with van der Waals surface area (Å²) in [4.78, 5) is 26.9. The van der Waals surface area contributed by atoms with Crippen molar-refractivity contribution in [2.45, 2.75) is 19.3 Å². The van der Waals surface area contributed by atoms with Gasteiger partial charge >= 0.3 is 5.95 Å². The molecule has 0 fully saturated rings. The Labute approximate surface area is 191 Å². The number of amides is 2. The van der Waals surface area contributed by atoms with E-state index in [1.54, 1.807) is 18.4 Å². The van der Waals surface area contributed by atoms with Crippen LogP contribution in [0.4, 0.5) is 5.69 Å². The molecule has 1 aromatic heterocycles. The molecule has 2 heterocycles. The van der Waals surface area contributed by atoms with E-state index in [4.69, 9.17) is 14.2 Å². The van der Waals surface area contributed by atoms with Gasteiger partial charge in [0.1, 0.15) is 6.26 Å². The van der Waals surface area contributed by atoms with Crippen molar-refractivity contribution < 1.29 is 23.8 Å². The number of benzene rings is 1. The number of allylic oxidation sites excluding steroid dienone is 4. The van der Waals surface area contributed by atoms with Gasteiger partial charge in [0.05, 0.1) is 18.4 Å². The molecule has 1 atom stereocenters. The molecule has 2 N–H and O–H groups in total. The van der Waals surface area contributed by atoms with Gasteiger partial charge in [-0.05, 0) is 18.1 Å². The number of hydrogen-bond acceptors (Lipinski definition) is 6. The lowest BCUT2D eigenvalue weighted by atomic mass is 9.84. The van der Waals surface area contributed by atoms with Crippen LogP contribution in [0.25, 0.3) is 0 Å². The van der Waals surface area contributed by atoms with Gasteiger partial charge in [-0.3, -0.25) is 9.59 Å². The van der Waals surface area contributed by atoms with E-state index >= 15 is 0 Å². The van der Waals surface area contributed by atoms with Crippen LogP contribution in [0.5, 0.6) is 5.88 Å². The second-order valence-corrected chi connectivity index (χ2v) is 7.35. The molecule has 4 rings (SSSR count). The van der Waals surface area contributed by atoms with Gasteiger partial charge in [-0.25, -0.2) is 4.98 Å². The molecular weight excluding hydrogens is 422 g/mol. The monoisotopic (exact) mass is 445 g/mol. The fourth-order valence-corrected chi connectivity index (χ4v) is 3.39. The van der Waals surface area contributed by atoms with Gasteiger partial charge in [-0.1, -0.05) is 48.6 Å². The smallest absolute Gasteiger partial charge is 0.328 e. The van der Waals surface area contributed by atoms with E-state index in [0.717, 1.165) is 12.0 Å². The zero-order valence-corrected chi connectivity index (χ0v) is 18.0. The van der Waals surface area contributed by atoms with E-state index in [2.05, 4.69) is 33.8 Å². The summed E-state index contributed by atoms with van der Waals surface area (Å²) in [5.41, 5.74) is 2.65. The number of carbonyl (C=O) groups is 2. The van der Waals surface area contributed by atoms with E-state index < -0.39 is 0 Å². The molecule has 2 aliphatic rings. The maximum Gasteiger partial charge on any atom is 0.328 e. The van der Waals surface area contributed by atoms with E-state index in [1.807, 2.05) is 30.4 Å². The molecule has 0 saturated heterocycles. The first-order valence-electron chi connectivity index (χ1n) is 10.4. The molecule has 1 aromatic carbocycles. The predicted molar refractivity (Wildman–Crippen MR) is 122 cm³/mol. The van der Waals surface area contributed by atoms with Crippen LogP contribution in [-0.4, -0.2) is 23.3 Å². The summed E-state index contributed by atoms with van der Waals surface area (Å²) in [5.74, 6) is 0.479. The van der Waals surface area contributed by atoms with Crippen molar-refractivity contribution in [3.8, 4) is 5.88 Å². The van der Waals surface area contributed by atoms with Gasteiger partial charge in [0.15, 0.2) is 12.0 Å².